The van der Waals surface area contributed by atoms with Crippen LogP contribution in [-0.2, 0) is 0 Å². The standard InChI is InChI=1S/C18H20ClN3O/c1-14(15-6-2-3-7-16(15)19)21-10-12-22(13-11-21)18(23)17-8-4-5-9-20-17/h2-9,14H,10-13H2,1H3. The minimum Gasteiger partial charge on any atom is -0.335 e. The molecule has 1 saturated heterocycles. The summed E-state index contributed by atoms with van der Waals surface area (Å²) in [5.74, 6) is 0.00986. The number of hydrogen-bond donors (Lipinski definition) is 0. The van der Waals surface area contributed by atoms with Gasteiger partial charge in [-0.2, -0.15) is 0 Å². The van der Waals surface area contributed by atoms with E-state index in [-0.39, 0.29) is 11.9 Å². The zero-order chi connectivity index (χ0) is 16.2. The molecule has 1 aromatic heterocycles. The van der Waals surface area contributed by atoms with Crippen molar-refractivity contribution in [1.82, 2.24) is 14.8 Å². The summed E-state index contributed by atoms with van der Waals surface area (Å²) >= 11 is 6.30. The molecule has 1 aliphatic rings. The van der Waals surface area contributed by atoms with Gasteiger partial charge in [-0.1, -0.05) is 35.9 Å². The number of aromatic nitrogens is 1. The predicted octanol–water partition coefficient (Wildman–Crippen LogP) is 3.25. The van der Waals surface area contributed by atoms with E-state index in [4.69, 9.17) is 11.6 Å². The second kappa shape index (κ2) is 7.11. The third-order valence-corrected chi connectivity index (χ3v) is 4.73. The van der Waals surface area contributed by atoms with Crippen LogP contribution in [-0.4, -0.2) is 46.9 Å². The van der Waals surface area contributed by atoms with Gasteiger partial charge in [0.25, 0.3) is 5.91 Å². The van der Waals surface area contributed by atoms with E-state index < -0.39 is 0 Å². The first-order valence-electron chi connectivity index (χ1n) is 7.85. The van der Waals surface area contributed by atoms with Crippen LogP contribution >= 0.6 is 11.6 Å². The molecule has 0 bridgehead atoms. The lowest BCUT2D eigenvalue weighted by Crippen LogP contribution is -2.49. The molecule has 23 heavy (non-hydrogen) atoms. The number of nitrogens with zero attached hydrogens (tertiary/aromatic N) is 3. The van der Waals surface area contributed by atoms with Gasteiger partial charge in [0, 0.05) is 43.4 Å². The molecule has 1 aliphatic heterocycles. The Morgan fingerprint density at radius 2 is 1.78 bits per heavy atom. The van der Waals surface area contributed by atoms with Gasteiger partial charge in [0.05, 0.1) is 0 Å². The van der Waals surface area contributed by atoms with E-state index in [1.807, 2.05) is 35.2 Å². The van der Waals surface area contributed by atoms with Crippen molar-refractivity contribution >= 4 is 17.5 Å². The van der Waals surface area contributed by atoms with E-state index in [0.29, 0.717) is 18.8 Å². The van der Waals surface area contributed by atoms with Crippen molar-refractivity contribution in [3.8, 4) is 0 Å². The summed E-state index contributed by atoms with van der Waals surface area (Å²) in [7, 11) is 0. The van der Waals surface area contributed by atoms with Crippen LogP contribution in [0.1, 0.15) is 29.0 Å². The van der Waals surface area contributed by atoms with Crippen LogP contribution in [0.3, 0.4) is 0 Å². The Labute approximate surface area is 141 Å². The number of carbonyl (C=O) groups excluding carboxylic acids is 1. The summed E-state index contributed by atoms with van der Waals surface area (Å²) in [4.78, 5) is 20.8. The van der Waals surface area contributed by atoms with Gasteiger partial charge in [-0.15, -0.1) is 0 Å². The van der Waals surface area contributed by atoms with E-state index in [0.717, 1.165) is 23.7 Å². The third kappa shape index (κ3) is 3.54. The summed E-state index contributed by atoms with van der Waals surface area (Å²) in [6, 6.07) is 13.6. The average molecular weight is 330 g/mol. The number of carbonyl (C=O) groups is 1. The van der Waals surface area contributed by atoms with Gasteiger partial charge in [0.2, 0.25) is 0 Å². The lowest BCUT2D eigenvalue weighted by Gasteiger charge is -2.38. The van der Waals surface area contributed by atoms with Crippen molar-refractivity contribution in [3.05, 3.63) is 64.9 Å². The Balaban J connectivity index is 1.62. The average Bonchev–Trinajstić information content (AvgIpc) is 2.62. The van der Waals surface area contributed by atoms with Gasteiger partial charge in [-0.05, 0) is 30.7 Å². The second-order valence-corrected chi connectivity index (χ2v) is 6.15. The number of hydrogen-bond acceptors (Lipinski definition) is 3. The topological polar surface area (TPSA) is 36.4 Å². The predicted molar refractivity (Wildman–Crippen MR) is 91.6 cm³/mol. The van der Waals surface area contributed by atoms with Crippen LogP contribution in [0.4, 0.5) is 0 Å². The molecule has 1 aromatic carbocycles. The Bertz CT molecular complexity index is 669. The van der Waals surface area contributed by atoms with E-state index in [9.17, 15) is 4.79 Å². The highest BCUT2D eigenvalue weighted by Gasteiger charge is 2.26. The van der Waals surface area contributed by atoms with E-state index in [1.54, 1.807) is 12.3 Å². The van der Waals surface area contributed by atoms with Crippen molar-refractivity contribution < 1.29 is 4.79 Å². The first-order chi connectivity index (χ1) is 11.2. The summed E-state index contributed by atoms with van der Waals surface area (Å²) in [6.07, 6.45) is 1.66. The Kier molecular flexibility index (Phi) is 4.94. The Morgan fingerprint density at radius 1 is 1.09 bits per heavy atom. The van der Waals surface area contributed by atoms with E-state index in [1.165, 1.54) is 0 Å². The number of benzene rings is 1. The highest BCUT2D eigenvalue weighted by molar-refractivity contribution is 6.31. The molecular formula is C18H20ClN3O. The number of piperazine rings is 1. The van der Waals surface area contributed by atoms with Gasteiger partial charge in [0.15, 0.2) is 0 Å². The molecule has 3 rings (SSSR count). The minimum atomic E-state index is 0.00986. The fourth-order valence-corrected chi connectivity index (χ4v) is 3.27. The summed E-state index contributed by atoms with van der Waals surface area (Å²) in [6.45, 7) is 5.27. The molecular weight excluding hydrogens is 310 g/mol. The number of amides is 1. The fraction of sp³-hybridized carbons (Fsp3) is 0.333. The van der Waals surface area contributed by atoms with Gasteiger partial charge >= 0.3 is 0 Å². The maximum absolute atomic E-state index is 12.4. The van der Waals surface area contributed by atoms with Crippen LogP contribution in [0.2, 0.25) is 5.02 Å². The van der Waals surface area contributed by atoms with Crippen LogP contribution in [0.25, 0.3) is 0 Å². The maximum atomic E-state index is 12.4. The van der Waals surface area contributed by atoms with E-state index >= 15 is 0 Å². The van der Waals surface area contributed by atoms with Crippen molar-refractivity contribution in [2.24, 2.45) is 0 Å². The zero-order valence-electron chi connectivity index (χ0n) is 13.2. The molecule has 2 aromatic rings. The highest BCUT2D eigenvalue weighted by atomic mass is 35.5. The van der Waals surface area contributed by atoms with Crippen LogP contribution in [0.5, 0.6) is 0 Å². The Hall–Kier alpha value is -1.91. The zero-order valence-corrected chi connectivity index (χ0v) is 13.9. The number of halogens is 1. The van der Waals surface area contributed by atoms with Crippen LogP contribution in [0.15, 0.2) is 48.7 Å². The first-order valence-corrected chi connectivity index (χ1v) is 8.23. The first kappa shape index (κ1) is 16.0. The normalized spacial score (nSPS) is 17.0. The summed E-state index contributed by atoms with van der Waals surface area (Å²) in [5.41, 5.74) is 1.65. The maximum Gasteiger partial charge on any atom is 0.272 e. The Morgan fingerprint density at radius 3 is 2.43 bits per heavy atom. The van der Waals surface area contributed by atoms with Gasteiger partial charge in [-0.25, -0.2) is 0 Å². The molecule has 1 fully saturated rings. The van der Waals surface area contributed by atoms with E-state index in [2.05, 4.69) is 22.9 Å². The molecule has 1 amide bonds. The van der Waals surface area contributed by atoms with Gasteiger partial charge < -0.3 is 4.90 Å². The van der Waals surface area contributed by atoms with Crippen molar-refractivity contribution in [3.63, 3.8) is 0 Å². The third-order valence-electron chi connectivity index (χ3n) is 4.39. The number of rotatable bonds is 3. The van der Waals surface area contributed by atoms with Crippen LogP contribution in [0, 0.1) is 0 Å². The largest absolute Gasteiger partial charge is 0.335 e. The molecule has 120 valence electrons. The smallest absolute Gasteiger partial charge is 0.272 e. The molecule has 0 radical (unpaired) electrons. The highest BCUT2D eigenvalue weighted by Crippen LogP contribution is 2.27. The lowest BCUT2D eigenvalue weighted by atomic mass is 10.1. The fourth-order valence-electron chi connectivity index (χ4n) is 2.97. The molecule has 2 heterocycles. The SMILES string of the molecule is CC(c1ccccc1Cl)N1CCN(C(=O)c2ccccn2)CC1. The summed E-state index contributed by atoms with van der Waals surface area (Å²) in [5, 5.41) is 0.798. The van der Waals surface area contributed by atoms with Gasteiger partial charge in [0.1, 0.15) is 5.69 Å². The molecule has 4 nitrogen and oxygen atoms in total. The summed E-state index contributed by atoms with van der Waals surface area (Å²) < 4.78 is 0. The molecule has 0 N–H and O–H groups in total. The minimum absolute atomic E-state index is 0.00986. The molecule has 0 spiro atoms. The number of pyridine rings is 1. The van der Waals surface area contributed by atoms with Crippen molar-refractivity contribution in [2.45, 2.75) is 13.0 Å². The van der Waals surface area contributed by atoms with Crippen molar-refractivity contribution in [2.75, 3.05) is 26.2 Å². The molecule has 0 saturated carbocycles. The second-order valence-electron chi connectivity index (χ2n) is 5.74. The van der Waals surface area contributed by atoms with Crippen LogP contribution < -0.4 is 0 Å². The lowest BCUT2D eigenvalue weighted by molar-refractivity contribution is 0.0576. The van der Waals surface area contributed by atoms with Crippen molar-refractivity contribution in [1.29, 1.82) is 0 Å². The van der Waals surface area contributed by atoms with Gasteiger partial charge in [-0.3, -0.25) is 14.7 Å². The quantitative estimate of drug-likeness (QED) is 0.867. The molecule has 1 unspecified atom stereocenters. The molecule has 1 atom stereocenters. The molecule has 5 heteroatoms. The molecule has 0 aliphatic carbocycles. The monoisotopic (exact) mass is 329 g/mol.